The second-order valence-electron chi connectivity index (χ2n) is 4.57. The second-order valence-corrected chi connectivity index (χ2v) is 6.67. The number of ether oxygens (including phenoxy) is 2. The molecular formula is C13H11N3O4S2. The third-order valence-corrected chi connectivity index (χ3v) is 5.01. The first-order chi connectivity index (χ1) is 10.8. The number of rotatable bonds is 4. The van der Waals surface area contributed by atoms with E-state index < -0.39 is 12.0 Å². The van der Waals surface area contributed by atoms with Crippen molar-refractivity contribution in [1.82, 2.24) is 14.7 Å². The van der Waals surface area contributed by atoms with Gasteiger partial charge in [-0.15, -0.1) is 22.7 Å². The van der Waals surface area contributed by atoms with Gasteiger partial charge < -0.3 is 9.47 Å². The van der Waals surface area contributed by atoms with E-state index in [0.29, 0.717) is 25.6 Å². The van der Waals surface area contributed by atoms with Gasteiger partial charge in [-0.05, 0) is 11.4 Å². The number of nitrogens with zero attached hydrogens (tertiary/aromatic N) is 3. The molecule has 0 atom stereocenters. The van der Waals surface area contributed by atoms with Crippen molar-refractivity contribution < 1.29 is 14.0 Å². The Morgan fingerprint density at radius 1 is 1.36 bits per heavy atom. The monoisotopic (exact) mass is 337 g/mol. The molecule has 0 radical (unpaired) electrons. The van der Waals surface area contributed by atoms with Crippen molar-refractivity contribution in [2.45, 2.75) is 12.8 Å². The van der Waals surface area contributed by atoms with Crippen LogP contribution in [0, 0.1) is 0 Å². The second kappa shape index (κ2) is 5.76. The Morgan fingerprint density at radius 2 is 2.23 bits per heavy atom. The van der Waals surface area contributed by atoms with Crippen molar-refractivity contribution in [3.63, 3.8) is 0 Å². The Balaban J connectivity index is 1.61. The molecule has 1 fully saturated rings. The predicted octanol–water partition coefficient (Wildman–Crippen LogP) is 2.12. The molecule has 0 saturated carbocycles. The lowest BCUT2D eigenvalue weighted by molar-refractivity contribution is -0.0442. The Bertz CT molecular complexity index is 815. The molecule has 3 aromatic heterocycles. The Hall–Kier alpha value is -1.81. The molecule has 0 amide bonds. The molecule has 0 aliphatic carbocycles. The van der Waals surface area contributed by atoms with E-state index in [4.69, 9.17) is 14.0 Å². The summed E-state index contributed by atoms with van der Waals surface area (Å²) in [6.45, 7) is 1.51. The maximum Gasteiger partial charge on any atom is 0.442 e. The van der Waals surface area contributed by atoms with Crippen molar-refractivity contribution in [3.8, 4) is 10.7 Å². The normalized spacial score (nSPS) is 15.6. The van der Waals surface area contributed by atoms with E-state index in [0.717, 1.165) is 14.8 Å². The van der Waals surface area contributed by atoms with Gasteiger partial charge in [-0.2, -0.15) is 0 Å². The Labute approximate surface area is 132 Å². The minimum atomic E-state index is -0.480. The van der Waals surface area contributed by atoms with Gasteiger partial charge in [0, 0.05) is 11.1 Å². The first-order valence-electron chi connectivity index (χ1n) is 6.59. The van der Waals surface area contributed by atoms with E-state index in [-0.39, 0.29) is 0 Å². The van der Waals surface area contributed by atoms with Crippen LogP contribution in [0.5, 0.6) is 0 Å². The summed E-state index contributed by atoms with van der Waals surface area (Å²) in [6.07, 6.45) is 1.33. The van der Waals surface area contributed by atoms with Gasteiger partial charge in [-0.25, -0.2) is 9.78 Å². The minimum absolute atomic E-state index is 0.361. The highest BCUT2D eigenvalue weighted by atomic mass is 32.1. The zero-order chi connectivity index (χ0) is 14.9. The van der Waals surface area contributed by atoms with Crippen LogP contribution in [0.25, 0.3) is 10.7 Å². The van der Waals surface area contributed by atoms with Crippen molar-refractivity contribution in [2.75, 3.05) is 13.2 Å². The fraction of sp³-hybridized carbons (Fsp3) is 0.308. The average molecular weight is 337 g/mol. The van der Waals surface area contributed by atoms with Crippen LogP contribution < -0.4 is 5.76 Å². The number of aromatic nitrogens is 3. The third kappa shape index (κ3) is 2.52. The topological polar surface area (TPSA) is 79.4 Å². The van der Waals surface area contributed by atoms with E-state index in [1.54, 1.807) is 6.20 Å². The number of hydrogen-bond donors (Lipinski definition) is 0. The molecule has 1 aliphatic rings. The zero-order valence-electron chi connectivity index (χ0n) is 11.3. The zero-order valence-corrected chi connectivity index (χ0v) is 12.9. The Morgan fingerprint density at radius 3 is 3.00 bits per heavy atom. The molecule has 22 heavy (non-hydrogen) atoms. The summed E-state index contributed by atoms with van der Waals surface area (Å²) in [6, 6.07) is 3.81. The van der Waals surface area contributed by atoms with E-state index in [9.17, 15) is 4.79 Å². The smallest absolute Gasteiger partial charge is 0.344 e. The van der Waals surface area contributed by atoms with E-state index in [1.807, 2.05) is 17.5 Å². The molecule has 3 aromatic rings. The average Bonchev–Trinajstić information content (AvgIpc) is 3.27. The van der Waals surface area contributed by atoms with Gasteiger partial charge in [-0.3, -0.25) is 9.09 Å². The molecule has 0 spiro atoms. The molecule has 4 rings (SSSR count). The first kappa shape index (κ1) is 13.8. The summed E-state index contributed by atoms with van der Waals surface area (Å²) in [4.78, 5) is 18.0. The highest BCUT2D eigenvalue weighted by Gasteiger charge is 2.22. The maximum atomic E-state index is 11.9. The van der Waals surface area contributed by atoms with Gasteiger partial charge in [0.25, 0.3) is 0 Å². The summed E-state index contributed by atoms with van der Waals surface area (Å²) in [5, 5.41) is 6.55. The van der Waals surface area contributed by atoms with Gasteiger partial charge >= 0.3 is 5.76 Å². The fourth-order valence-electron chi connectivity index (χ4n) is 2.15. The lowest BCUT2D eigenvalue weighted by Gasteiger charge is -2.03. The van der Waals surface area contributed by atoms with E-state index in [1.165, 1.54) is 27.2 Å². The van der Waals surface area contributed by atoms with Crippen LogP contribution >= 0.6 is 22.7 Å². The van der Waals surface area contributed by atoms with Crippen LogP contribution in [-0.2, 0) is 16.0 Å². The van der Waals surface area contributed by atoms with Crippen molar-refractivity contribution >= 4 is 22.7 Å². The predicted molar refractivity (Wildman–Crippen MR) is 79.9 cm³/mol. The molecule has 7 nitrogen and oxygen atoms in total. The van der Waals surface area contributed by atoms with Gasteiger partial charge in [0.15, 0.2) is 5.82 Å². The molecule has 4 heterocycles. The van der Waals surface area contributed by atoms with Gasteiger partial charge in [0.2, 0.25) is 6.29 Å². The quantitative estimate of drug-likeness (QED) is 0.725. The highest BCUT2D eigenvalue weighted by molar-refractivity contribution is 7.13. The van der Waals surface area contributed by atoms with Crippen LogP contribution in [0.2, 0.25) is 0 Å². The van der Waals surface area contributed by atoms with Crippen molar-refractivity contribution in [3.05, 3.63) is 44.1 Å². The van der Waals surface area contributed by atoms with Crippen molar-refractivity contribution in [2.24, 2.45) is 0 Å². The number of thiazole rings is 1. The molecule has 0 bridgehead atoms. The molecule has 0 N–H and O–H groups in total. The standard InChI is InChI=1S/C13H11N3O4S2/c17-13-16(10(15-20-13)9-2-1-5-21-9)7-8-6-14-11(22-8)12-18-3-4-19-12/h1-2,5-6,12H,3-4,7H2. The Kier molecular flexibility index (Phi) is 3.62. The molecule has 114 valence electrons. The maximum absolute atomic E-state index is 11.9. The van der Waals surface area contributed by atoms with Crippen LogP contribution in [0.3, 0.4) is 0 Å². The van der Waals surface area contributed by atoms with Gasteiger partial charge in [-0.1, -0.05) is 11.2 Å². The fourth-order valence-corrected chi connectivity index (χ4v) is 3.77. The summed E-state index contributed by atoms with van der Waals surface area (Å²) in [7, 11) is 0. The molecule has 1 saturated heterocycles. The SMILES string of the molecule is O=c1onc(-c2cccs2)n1Cc1cnc(C2OCCO2)s1. The highest BCUT2D eigenvalue weighted by Crippen LogP contribution is 2.28. The third-order valence-electron chi connectivity index (χ3n) is 3.14. The lowest BCUT2D eigenvalue weighted by Crippen LogP contribution is -2.15. The molecule has 0 aromatic carbocycles. The lowest BCUT2D eigenvalue weighted by atomic mass is 10.4. The van der Waals surface area contributed by atoms with Crippen molar-refractivity contribution in [1.29, 1.82) is 0 Å². The summed E-state index contributed by atoms with van der Waals surface area (Å²) >= 11 is 2.96. The summed E-state index contributed by atoms with van der Waals surface area (Å²) in [5.74, 6) is 0.0510. The van der Waals surface area contributed by atoms with Gasteiger partial charge in [0.05, 0.1) is 24.6 Å². The number of thiophene rings is 1. The minimum Gasteiger partial charge on any atom is -0.344 e. The summed E-state index contributed by atoms with van der Waals surface area (Å²) < 4.78 is 17.1. The van der Waals surface area contributed by atoms with E-state index >= 15 is 0 Å². The van der Waals surface area contributed by atoms with Crippen LogP contribution in [0.1, 0.15) is 16.2 Å². The molecule has 9 heteroatoms. The largest absolute Gasteiger partial charge is 0.442 e. The molecule has 1 aliphatic heterocycles. The van der Waals surface area contributed by atoms with Crippen LogP contribution in [0.15, 0.2) is 33.0 Å². The van der Waals surface area contributed by atoms with Gasteiger partial charge in [0.1, 0.15) is 5.01 Å². The van der Waals surface area contributed by atoms with E-state index in [2.05, 4.69) is 10.1 Å². The summed E-state index contributed by atoms with van der Waals surface area (Å²) in [5.41, 5.74) is 0. The van der Waals surface area contributed by atoms with Crippen LogP contribution in [0.4, 0.5) is 0 Å². The molecular weight excluding hydrogens is 326 g/mol. The number of hydrogen-bond acceptors (Lipinski definition) is 8. The van der Waals surface area contributed by atoms with Crippen LogP contribution in [-0.4, -0.2) is 27.9 Å². The molecule has 0 unspecified atom stereocenters. The first-order valence-corrected chi connectivity index (χ1v) is 8.29.